The Morgan fingerprint density at radius 2 is 2.00 bits per heavy atom. The van der Waals surface area contributed by atoms with Crippen molar-refractivity contribution >= 4 is 16.0 Å². The van der Waals surface area contributed by atoms with Gasteiger partial charge in [0, 0.05) is 0 Å². The number of benzene rings is 1. The number of nitrogens with zero attached hydrogens (tertiary/aromatic N) is 1. The first-order chi connectivity index (χ1) is 7.97. The second kappa shape index (κ2) is 4.37. The smallest absolute Gasteiger partial charge is 0.299 e. The summed E-state index contributed by atoms with van der Waals surface area (Å²) < 4.78 is 31.4. The number of hydrogen-bond donors (Lipinski definition) is 1. The standard InChI is InChI=1S/C11H14N2O3S/c1-8-3-5-10(6-4-8)17(14,15)13-11-12-7-9(2)16-11/h3-6,9H,7H2,1-2H3,(H,12,13)/t9-/m1/s1. The number of nitrogens with one attached hydrogen (secondary N) is 1. The van der Waals surface area contributed by atoms with E-state index in [0.717, 1.165) is 5.56 Å². The van der Waals surface area contributed by atoms with Gasteiger partial charge in [0.1, 0.15) is 6.10 Å². The zero-order chi connectivity index (χ0) is 12.5. The molecule has 0 fully saturated rings. The predicted octanol–water partition coefficient (Wildman–Crippen LogP) is 1.05. The third-order valence-corrected chi connectivity index (χ3v) is 3.69. The molecule has 0 amide bonds. The largest absolute Gasteiger partial charge is 0.460 e. The first kappa shape index (κ1) is 11.9. The Morgan fingerprint density at radius 3 is 2.53 bits per heavy atom. The number of aryl methyl sites for hydroxylation is 1. The Kier molecular flexibility index (Phi) is 3.06. The molecular weight excluding hydrogens is 240 g/mol. The van der Waals surface area contributed by atoms with Gasteiger partial charge in [0.2, 0.25) is 0 Å². The minimum Gasteiger partial charge on any atom is -0.460 e. The van der Waals surface area contributed by atoms with Crippen LogP contribution in [0.5, 0.6) is 0 Å². The van der Waals surface area contributed by atoms with Crippen molar-refractivity contribution < 1.29 is 13.2 Å². The lowest BCUT2D eigenvalue weighted by Crippen LogP contribution is -2.31. The van der Waals surface area contributed by atoms with Crippen LogP contribution in [0.1, 0.15) is 12.5 Å². The van der Waals surface area contributed by atoms with Gasteiger partial charge in [-0.1, -0.05) is 17.7 Å². The molecule has 0 aromatic heterocycles. The summed E-state index contributed by atoms with van der Waals surface area (Å²) in [5.74, 6) is 0. The van der Waals surface area contributed by atoms with Crippen molar-refractivity contribution in [2.24, 2.45) is 4.99 Å². The fraction of sp³-hybridized carbons (Fsp3) is 0.364. The molecule has 1 N–H and O–H groups in total. The average Bonchev–Trinajstić information content (AvgIpc) is 2.63. The van der Waals surface area contributed by atoms with E-state index in [-0.39, 0.29) is 17.0 Å². The molecule has 0 saturated heterocycles. The Hall–Kier alpha value is -1.56. The Labute approximate surface area is 101 Å². The number of aliphatic imine (C=N–C) groups is 1. The Morgan fingerprint density at radius 1 is 1.35 bits per heavy atom. The quantitative estimate of drug-likeness (QED) is 0.857. The van der Waals surface area contributed by atoms with Crippen LogP contribution in [-0.4, -0.2) is 27.1 Å². The minimum atomic E-state index is -3.59. The van der Waals surface area contributed by atoms with E-state index in [0.29, 0.717) is 6.54 Å². The summed E-state index contributed by atoms with van der Waals surface area (Å²) in [6, 6.07) is 6.66. The molecule has 0 saturated carbocycles. The molecule has 0 unspecified atom stereocenters. The molecule has 1 aromatic carbocycles. The number of hydrogen-bond acceptors (Lipinski definition) is 4. The molecule has 0 bridgehead atoms. The molecule has 1 aromatic rings. The van der Waals surface area contributed by atoms with Crippen molar-refractivity contribution in [1.82, 2.24) is 4.72 Å². The molecule has 1 heterocycles. The first-order valence-electron chi connectivity index (χ1n) is 5.28. The maximum absolute atomic E-state index is 11.9. The van der Waals surface area contributed by atoms with Crippen LogP contribution >= 0.6 is 0 Å². The molecule has 2 rings (SSSR count). The molecule has 1 aliphatic heterocycles. The van der Waals surface area contributed by atoms with E-state index in [2.05, 4.69) is 9.71 Å². The summed E-state index contributed by atoms with van der Waals surface area (Å²) >= 11 is 0. The summed E-state index contributed by atoms with van der Waals surface area (Å²) in [7, 11) is -3.59. The zero-order valence-corrected chi connectivity index (χ0v) is 10.5. The molecule has 1 aliphatic rings. The van der Waals surface area contributed by atoms with Crippen LogP contribution in [0.3, 0.4) is 0 Å². The lowest BCUT2D eigenvalue weighted by atomic mass is 10.2. The first-order valence-corrected chi connectivity index (χ1v) is 6.76. The number of amidine groups is 1. The van der Waals surface area contributed by atoms with E-state index in [1.54, 1.807) is 24.3 Å². The van der Waals surface area contributed by atoms with Crippen LogP contribution in [0.4, 0.5) is 0 Å². The van der Waals surface area contributed by atoms with Crippen LogP contribution in [0.25, 0.3) is 0 Å². The Balaban J connectivity index is 2.17. The van der Waals surface area contributed by atoms with Crippen molar-refractivity contribution in [2.75, 3.05) is 6.54 Å². The van der Waals surface area contributed by atoms with Gasteiger partial charge in [-0.15, -0.1) is 0 Å². The fourth-order valence-corrected chi connectivity index (χ4v) is 2.38. The van der Waals surface area contributed by atoms with Gasteiger partial charge < -0.3 is 4.74 Å². The van der Waals surface area contributed by atoms with Gasteiger partial charge in [-0.2, -0.15) is 0 Å². The molecule has 1 atom stereocenters. The Bertz CT molecular complexity index is 534. The second-order valence-corrected chi connectivity index (χ2v) is 5.68. The summed E-state index contributed by atoms with van der Waals surface area (Å²) in [6.45, 7) is 4.21. The van der Waals surface area contributed by atoms with Gasteiger partial charge in [-0.05, 0) is 26.0 Å². The van der Waals surface area contributed by atoms with Gasteiger partial charge >= 0.3 is 0 Å². The summed E-state index contributed by atoms with van der Waals surface area (Å²) in [5, 5.41) is 0. The van der Waals surface area contributed by atoms with Crippen LogP contribution in [0.15, 0.2) is 34.2 Å². The molecule has 92 valence electrons. The van der Waals surface area contributed by atoms with E-state index in [1.165, 1.54) is 0 Å². The molecule has 0 radical (unpaired) electrons. The van der Waals surface area contributed by atoms with Gasteiger partial charge in [0.05, 0.1) is 11.4 Å². The highest BCUT2D eigenvalue weighted by Gasteiger charge is 2.21. The third kappa shape index (κ3) is 2.76. The van der Waals surface area contributed by atoms with Crippen molar-refractivity contribution in [3.05, 3.63) is 29.8 Å². The number of sulfonamides is 1. The topological polar surface area (TPSA) is 67.8 Å². The number of ether oxygens (including phenoxy) is 1. The lowest BCUT2D eigenvalue weighted by Gasteiger charge is -2.09. The molecule has 0 aliphatic carbocycles. The van der Waals surface area contributed by atoms with Crippen molar-refractivity contribution in [2.45, 2.75) is 24.8 Å². The second-order valence-electron chi connectivity index (χ2n) is 3.99. The van der Waals surface area contributed by atoms with Crippen LogP contribution in [0.2, 0.25) is 0 Å². The fourth-order valence-electron chi connectivity index (χ4n) is 1.42. The van der Waals surface area contributed by atoms with Crippen molar-refractivity contribution in [3.8, 4) is 0 Å². The highest BCUT2D eigenvalue weighted by Crippen LogP contribution is 2.11. The highest BCUT2D eigenvalue weighted by molar-refractivity contribution is 7.90. The third-order valence-electron chi connectivity index (χ3n) is 2.36. The SMILES string of the molecule is Cc1ccc(S(=O)(=O)NC2=NC[C@@H](C)O2)cc1. The zero-order valence-electron chi connectivity index (χ0n) is 9.67. The van der Waals surface area contributed by atoms with E-state index >= 15 is 0 Å². The summed E-state index contributed by atoms with van der Waals surface area (Å²) in [4.78, 5) is 4.15. The molecule has 6 heteroatoms. The van der Waals surface area contributed by atoms with Crippen LogP contribution in [0, 0.1) is 6.92 Å². The summed E-state index contributed by atoms with van der Waals surface area (Å²) in [5.41, 5.74) is 1.01. The van der Waals surface area contributed by atoms with E-state index in [1.807, 2.05) is 13.8 Å². The maximum atomic E-state index is 11.9. The van der Waals surface area contributed by atoms with Crippen LogP contribution < -0.4 is 4.72 Å². The normalized spacial score (nSPS) is 19.6. The summed E-state index contributed by atoms with van der Waals surface area (Å²) in [6.07, 6.45) is -0.0780. The van der Waals surface area contributed by atoms with E-state index in [9.17, 15) is 8.42 Å². The van der Waals surface area contributed by atoms with Gasteiger partial charge in [-0.25, -0.2) is 18.1 Å². The van der Waals surface area contributed by atoms with Crippen molar-refractivity contribution in [1.29, 1.82) is 0 Å². The molecular formula is C11H14N2O3S. The van der Waals surface area contributed by atoms with Gasteiger partial charge in [-0.3, -0.25) is 0 Å². The van der Waals surface area contributed by atoms with Gasteiger partial charge in [0.25, 0.3) is 16.0 Å². The van der Waals surface area contributed by atoms with Crippen molar-refractivity contribution in [3.63, 3.8) is 0 Å². The molecule has 0 spiro atoms. The van der Waals surface area contributed by atoms with E-state index in [4.69, 9.17) is 4.74 Å². The number of rotatable bonds is 2. The predicted molar refractivity (Wildman–Crippen MR) is 64.3 cm³/mol. The maximum Gasteiger partial charge on any atom is 0.299 e. The average molecular weight is 254 g/mol. The highest BCUT2D eigenvalue weighted by atomic mass is 32.2. The van der Waals surface area contributed by atoms with Gasteiger partial charge in [0.15, 0.2) is 0 Å². The monoisotopic (exact) mass is 254 g/mol. The minimum absolute atomic E-state index is 0.0677. The molecule has 5 nitrogen and oxygen atoms in total. The van der Waals surface area contributed by atoms with E-state index < -0.39 is 10.0 Å². The molecule has 17 heavy (non-hydrogen) atoms. The van der Waals surface area contributed by atoms with Crippen LogP contribution in [-0.2, 0) is 14.8 Å². The lowest BCUT2D eigenvalue weighted by molar-refractivity contribution is 0.239.